The highest BCUT2D eigenvalue weighted by Gasteiger charge is 2.43. The summed E-state index contributed by atoms with van der Waals surface area (Å²) in [6.45, 7) is 17.8. The lowest BCUT2D eigenvalue weighted by atomic mass is 9.98. The van der Waals surface area contributed by atoms with Crippen molar-refractivity contribution < 1.29 is 38.1 Å². The number of para-hydroxylation sites is 1. The molecule has 0 bridgehead atoms. The van der Waals surface area contributed by atoms with Crippen LogP contribution in [0.5, 0.6) is 5.75 Å². The molecule has 1 aliphatic rings. The molecule has 9 nitrogen and oxygen atoms in total. The molecule has 1 saturated heterocycles. The minimum absolute atomic E-state index is 0.180. The van der Waals surface area contributed by atoms with Gasteiger partial charge in [0.25, 0.3) is 0 Å². The highest BCUT2D eigenvalue weighted by atomic mass is 16.6. The summed E-state index contributed by atoms with van der Waals surface area (Å²) in [5, 5.41) is 0. The van der Waals surface area contributed by atoms with Crippen molar-refractivity contribution in [3.63, 3.8) is 0 Å². The zero-order valence-corrected chi connectivity index (χ0v) is 24.7. The van der Waals surface area contributed by atoms with Gasteiger partial charge < -0.3 is 23.7 Å². The number of hydrogen-bond donors (Lipinski definition) is 0. The second-order valence-corrected chi connectivity index (χ2v) is 12.0. The van der Waals surface area contributed by atoms with Crippen LogP contribution in [0.25, 0.3) is 0 Å². The Kier molecular flexibility index (Phi) is 11.4. The number of esters is 1. The molecule has 0 aliphatic carbocycles. The maximum absolute atomic E-state index is 13.6. The SMILES string of the molecule is C=C(C)CO[C@H]1[C@H](C)OC(=O)[C@@H](N(C(=O)OC(C)(C)C)C(=O)OC(C)(C)C)CCCC[C@@H]1Oc1ccccc1. The summed E-state index contributed by atoms with van der Waals surface area (Å²) in [6.07, 6.45) is -1.78. The van der Waals surface area contributed by atoms with E-state index in [-0.39, 0.29) is 13.0 Å². The number of hydrogen-bond acceptors (Lipinski definition) is 8. The van der Waals surface area contributed by atoms with Crippen molar-refractivity contribution in [3.05, 3.63) is 42.5 Å². The summed E-state index contributed by atoms with van der Waals surface area (Å²) in [5.74, 6) is -0.0654. The van der Waals surface area contributed by atoms with Crippen molar-refractivity contribution in [1.82, 2.24) is 4.90 Å². The predicted octanol–water partition coefficient (Wildman–Crippen LogP) is 6.44. The average Bonchev–Trinajstić information content (AvgIpc) is 2.78. The van der Waals surface area contributed by atoms with Crippen molar-refractivity contribution in [2.24, 2.45) is 0 Å². The molecule has 1 heterocycles. The first kappa shape index (κ1) is 32.1. The summed E-state index contributed by atoms with van der Waals surface area (Å²) in [5.41, 5.74) is -0.981. The van der Waals surface area contributed by atoms with Crippen LogP contribution in [0.15, 0.2) is 42.5 Å². The Labute approximate surface area is 232 Å². The van der Waals surface area contributed by atoms with Gasteiger partial charge in [0.15, 0.2) is 0 Å². The quantitative estimate of drug-likeness (QED) is 0.228. The minimum Gasteiger partial charge on any atom is -0.488 e. The minimum atomic E-state index is -1.23. The molecule has 2 rings (SSSR count). The molecular formula is C30H45NO8. The number of carbonyl (C=O) groups excluding carboxylic acids is 3. The van der Waals surface area contributed by atoms with Crippen LogP contribution in [0.1, 0.15) is 81.1 Å². The molecule has 1 aliphatic heterocycles. The molecule has 9 heteroatoms. The summed E-state index contributed by atoms with van der Waals surface area (Å²) >= 11 is 0. The van der Waals surface area contributed by atoms with Crippen LogP contribution < -0.4 is 4.74 Å². The van der Waals surface area contributed by atoms with Crippen molar-refractivity contribution in [3.8, 4) is 5.75 Å². The smallest absolute Gasteiger partial charge is 0.420 e. The van der Waals surface area contributed by atoms with Gasteiger partial charge in [0.2, 0.25) is 0 Å². The van der Waals surface area contributed by atoms with Gasteiger partial charge in [-0.05, 0) is 86.8 Å². The Bertz CT molecular complexity index is 951. The number of ether oxygens (including phenoxy) is 5. The normalized spacial score (nSPS) is 22.7. The Morgan fingerprint density at radius 1 is 0.974 bits per heavy atom. The van der Waals surface area contributed by atoms with Gasteiger partial charge in [-0.15, -0.1) is 0 Å². The second kappa shape index (κ2) is 13.8. The average molecular weight is 548 g/mol. The van der Waals surface area contributed by atoms with Crippen molar-refractivity contribution >= 4 is 18.2 Å². The number of nitrogens with zero attached hydrogens (tertiary/aromatic N) is 1. The Morgan fingerprint density at radius 2 is 1.51 bits per heavy atom. The van der Waals surface area contributed by atoms with E-state index < -0.39 is 53.7 Å². The van der Waals surface area contributed by atoms with Crippen molar-refractivity contribution in [1.29, 1.82) is 0 Å². The van der Waals surface area contributed by atoms with Gasteiger partial charge in [-0.25, -0.2) is 14.4 Å². The van der Waals surface area contributed by atoms with E-state index in [9.17, 15) is 14.4 Å². The van der Waals surface area contributed by atoms with Crippen molar-refractivity contribution in [2.75, 3.05) is 6.61 Å². The standard InChI is InChI=1S/C30H45NO8/c1-20(2)19-35-25-21(3)36-26(32)23(17-13-14-18-24(25)37-22-15-11-10-12-16-22)31(27(33)38-29(4,5)6)28(34)39-30(7,8)9/h10-12,15-16,21,23-25H,1,13-14,17-19H2,2-9H3/t21-,23-,24-,25-/m0/s1. The topological polar surface area (TPSA) is 101 Å². The van der Waals surface area contributed by atoms with E-state index in [1.807, 2.05) is 37.3 Å². The monoisotopic (exact) mass is 547 g/mol. The lowest BCUT2D eigenvalue weighted by Crippen LogP contribution is -2.54. The van der Waals surface area contributed by atoms with Gasteiger partial charge in [-0.1, -0.05) is 36.8 Å². The van der Waals surface area contributed by atoms with Gasteiger partial charge >= 0.3 is 18.2 Å². The molecule has 0 N–H and O–H groups in total. The largest absolute Gasteiger partial charge is 0.488 e. The van der Waals surface area contributed by atoms with Crippen molar-refractivity contribution in [2.45, 2.75) is 117 Å². The summed E-state index contributed by atoms with van der Waals surface area (Å²) in [7, 11) is 0. The van der Waals surface area contributed by atoms with Crippen LogP contribution >= 0.6 is 0 Å². The highest BCUT2D eigenvalue weighted by Crippen LogP contribution is 2.27. The third-order valence-corrected chi connectivity index (χ3v) is 5.66. The van der Waals surface area contributed by atoms with E-state index >= 15 is 0 Å². The molecule has 0 aromatic heterocycles. The van der Waals surface area contributed by atoms with Gasteiger partial charge in [0.1, 0.15) is 41.3 Å². The van der Waals surface area contributed by atoms with Gasteiger partial charge in [0, 0.05) is 0 Å². The first-order valence-corrected chi connectivity index (χ1v) is 13.5. The zero-order chi connectivity index (χ0) is 29.4. The van der Waals surface area contributed by atoms with E-state index in [1.54, 1.807) is 48.5 Å². The molecule has 4 atom stereocenters. The summed E-state index contributed by atoms with van der Waals surface area (Å²) < 4.78 is 29.3. The molecule has 0 radical (unpaired) electrons. The number of rotatable bonds is 6. The van der Waals surface area contributed by atoms with Crippen LogP contribution in [-0.4, -0.2) is 65.2 Å². The Morgan fingerprint density at radius 3 is 2.03 bits per heavy atom. The third-order valence-electron chi connectivity index (χ3n) is 5.66. The number of cyclic esters (lactones) is 1. The van der Waals surface area contributed by atoms with Gasteiger partial charge in [-0.3, -0.25) is 0 Å². The molecule has 1 aromatic carbocycles. The molecule has 39 heavy (non-hydrogen) atoms. The number of benzene rings is 1. The van der Waals surface area contributed by atoms with E-state index in [0.717, 1.165) is 10.5 Å². The first-order valence-electron chi connectivity index (χ1n) is 13.5. The number of imide groups is 1. The second-order valence-electron chi connectivity index (χ2n) is 12.0. The molecule has 0 spiro atoms. The maximum atomic E-state index is 13.6. The van der Waals surface area contributed by atoms with Crippen LogP contribution in [0.4, 0.5) is 9.59 Å². The molecule has 218 valence electrons. The van der Waals surface area contributed by atoms with Gasteiger partial charge in [-0.2, -0.15) is 4.90 Å². The fourth-order valence-electron chi connectivity index (χ4n) is 4.06. The molecule has 1 aromatic rings. The Hall–Kier alpha value is -3.07. The number of carbonyl (C=O) groups is 3. The van der Waals surface area contributed by atoms with Crippen LogP contribution in [0, 0.1) is 0 Å². The fraction of sp³-hybridized carbons (Fsp3) is 0.633. The fourth-order valence-corrected chi connectivity index (χ4v) is 4.06. The van der Waals surface area contributed by atoms with E-state index in [0.29, 0.717) is 25.0 Å². The molecule has 0 saturated carbocycles. The summed E-state index contributed by atoms with van der Waals surface area (Å²) in [4.78, 5) is 40.7. The Balaban J connectivity index is 2.38. The molecule has 1 fully saturated rings. The summed E-state index contributed by atoms with van der Waals surface area (Å²) in [6, 6.07) is 8.17. The van der Waals surface area contributed by atoms with Crippen LogP contribution in [0.2, 0.25) is 0 Å². The zero-order valence-electron chi connectivity index (χ0n) is 24.7. The van der Waals surface area contributed by atoms with E-state index in [4.69, 9.17) is 23.7 Å². The lowest BCUT2D eigenvalue weighted by molar-refractivity contribution is -0.168. The number of amides is 2. The predicted molar refractivity (Wildman–Crippen MR) is 148 cm³/mol. The lowest BCUT2D eigenvalue weighted by Gasteiger charge is -2.36. The maximum Gasteiger partial charge on any atom is 0.420 e. The van der Waals surface area contributed by atoms with Crippen LogP contribution in [-0.2, 0) is 23.7 Å². The molecule has 0 unspecified atom stereocenters. The first-order chi connectivity index (χ1) is 18.1. The van der Waals surface area contributed by atoms with E-state index in [2.05, 4.69) is 6.58 Å². The van der Waals surface area contributed by atoms with Crippen LogP contribution in [0.3, 0.4) is 0 Å². The van der Waals surface area contributed by atoms with Gasteiger partial charge in [0.05, 0.1) is 6.61 Å². The van der Waals surface area contributed by atoms with E-state index in [1.165, 1.54) is 0 Å². The highest BCUT2D eigenvalue weighted by molar-refractivity contribution is 5.94. The molecular weight excluding hydrogens is 502 g/mol. The molecule has 2 amide bonds. The third kappa shape index (κ3) is 10.9.